The number of carbonyl (C=O) groups excluding carboxylic acids is 1. The number of benzene rings is 1. The van der Waals surface area contributed by atoms with Crippen LogP contribution in [0.1, 0.15) is 28.8 Å². The molecule has 1 saturated heterocycles. The summed E-state index contributed by atoms with van der Waals surface area (Å²) < 4.78 is 1.59. The molecule has 9 heteroatoms. The van der Waals surface area contributed by atoms with Gasteiger partial charge in [0.05, 0.1) is 34.4 Å². The Morgan fingerprint density at radius 1 is 1.31 bits per heavy atom. The standard InChI is InChI=1S/C20H18ClN7O/c21-17-7-13(12-29)1-2-18(17)28-11-15(10-25-28)19-14(8-22)9-24-20(27-19)26-16-3-5-23-6-4-16/h1-2,7,9-12,16,23H,3-6H2,(H,24,26,27). The molecule has 8 nitrogen and oxygen atoms in total. The van der Waals surface area contributed by atoms with Gasteiger partial charge in [0.1, 0.15) is 12.4 Å². The van der Waals surface area contributed by atoms with Crippen molar-refractivity contribution in [3.63, 3.8) is 0 Å². The van der Waals surface area contributed by atoms with Crippen molar-refractivity contribution in [2.45, 2.75) is 18.9 Å². The van der Waals surface area contributed by atoms with Crippen LogP contribution in [0.2, 0.25) is 5.02 Å². The molecule has 1 aromatic carbocycles. The van der Waals surface area contributed by atoms with Crippen LogP contribution in [0.5, 0.6) is 0 Å². The lowest BCUT2D eigenvalue weighted by atomic mass is 10.1. The summed E-state index contributed by atoms with van der Waals surface area (Å²) in [5.74, 6) is 0.493. The first-order chi connectivity index (χ1) is 14.2. The van der Waals surface area contributed by atoms with Crippen LogP contribution in [0.3, 0.4) is 0 Å². The molecule has 2 N–H and O–H groups in total. The van der Waals surface area contributed by atoms with Crippen LogP contribution < -0.4 is 10.6 Å². The molecule has 1 fully saturated rings. The van der Waals surface area contributed by atoms with E-state index >= 15 is 0 Å². The summed E-state index contributed by atoms with van der Waals surface area (Å²) >= 11 is 6.28. The lowest BCUT2D eigenvalue weighted by Gasteiger charge is -2.23. The predicted octanol–water partition coefficient (Wildman–Crippen LogP) is 2.83. The molecule has 0 amide bonds. The first-order valence-electron chi connectivity index (χ1n) is 9.22. The monoisotopic (exact) mass is 407 g/mol. The third kappa shape index (κ3) is 4.11. The van der Waals surface area contributed by atoms with Gasteiger partial charge in [-0.2, -0.15) is 10.4 Å². The summed E-state index contributed by atoms with van der Waals surface area (Å²) in [5, 5.41) is 20.9. The molecule has 0 spiro atoms. The number of piperidine rings is 1. The molecule has 0 unspecified atom stereocenters. The fourth-order valence-corrected chi connectivity index (χ4v) is 3.54. The van der Waals surface area contributed by atoms with Gasteiger partial charge >= 0.3 is 0 Å². The van der Waals surface area contributed by atoms with Crippen molar-refractivity contribution in [1.29, 1.82) is 5.26 Å². The highest BCUT2D eigenvalue weighted by molar-refractivity contribution is 6.32. The van der Waals surface area contributed by atoms with E-state index in [9.17, 15) is 10.1 Å². The van der Waals surface area contributed by atoms with Gasteiger partial charge < -0.3 is 10.6 Å². The van der Waals surface area contributed by atoms with Crippen molar-refractivity contribution in [2.75, 3.05) is 18.4 Å². The molecule has 0 radical (unpaired) electrons. The number of anilines is 1. The minimum atomic E-state index is 0.301. The molecule has 4 rings (SSSR count). The summed E-state index contributed by atoms with van der Waals surface area (Å²) in [4.78, 5) is 19.8. The summed E-state index contributed by atoms with van der Waals surface area (Å²) in [6.45, 7) is 1.91. The number of nitrogens with one attached hydrogen (secondary N) is 2. The Hall–Kier alpha value is -3.28. The Bertz CT molecular complexity index is 1080. The highest BCUT2D eigenvalue weighted by Gasteiger charge is 2.17. The molecule has 3 aromatic rings. The van der Waals surface area contributed by atoms with Gasteiger partial charge in [0.25, 0.3) is 0 Å². The van der Waals surface area contributed by atoms with Crippen LogP contribution in [-0.2, 0) is 0 Å². The molecule has 0 aliphatic carbocycles. The Morgan fingerprint density at radius 3 is 2.86 bits per heavy atom. The van der Waals surface area contributed by atoms with Gasteiger partial charge in [0.2, 0.25) is 5.95 Å². The zero-order chi connectivity index (χ0) is 20.2. The molecule has 1 aliphatic heterocycles. The fourth-order valence-electron chi connectivity index (χ4n) is 3.26. The lowest BCUT2D eigenvalue weighted by Crippen LogP contribution is -2.35. The number of hydrogen-bond donors (Lipinski definition) is 2. The smallest absolute Gasteiger partial charge is 0.223 e. The molecule has 0 bridgehead atoms. The van der Waals surface area contributed by atoms with Crippen molar-refractivity contribution < 1.29 is 4.79 Å². The first kappa shape index (κ1) is 19.1. The number of aromatic nitrogens is 4. The summed E-state index contributed by atoms with van der Waals surface area (Å²) in [6, 6.07) is 7.41. The molecule has 146 valence electrons. The van der Waals surface area contributed by atoms with Gasteiger partial charge in [-0.3, -0.25) is 4.79 Å². The van der Waals surface area contributed by atoms with E-state index in [4.69, 9.17) is 11.6 Å². The molecule has 1 aliphatic rings. The maximum atomic E-state index is 10.9. The van der Waals surface area contributed by atoms with Crippen LogP contribution >= 0.6 is 11.6 Å². The highest BCUT2D eigenvalue weighted by Crippen LogP contribution is 2.26. The van der Waals surface area contributed by atoms with E-state index in [2.05, 4.69) is 31.8 Å². The van der Waals surface area contributed by atoms with E-state index in [1.165, 1.54) is 6.20 Å². The second-order valence-corrected chi connectivity index (χ2v) is 7.15. The molecular weight excluding hydrogens is 390 g/mol. The second kappa shape index (κ2) is 8.39. The number of nitriles is 1. The normalized spacial score (nSPS) is 14.3. The molecule has 2 aromatic heterocycles. The number of halogens is 1. The molecule has 0 atom stereocenters. The van der Waals surface area contributed by atoms with E-state index in [-0.39, 0.29) is 0 Å². The first-order valence-corrected chi connectivity index (χ1v) is 9.60. The minimum Gasteiger partial charge on any atom is -0.351 e. The van der Waals surface area contributed by atoms with Crippen molar-refractivity contribution in [1.82, 2.24) is 25.1 Å². The third-order valence-corrected chi connectivity index (χ3v) is 5.09. The fraction of sp³-hybridized carbons (Fsp3) is 0.250. The average Bonchev–Trinajstić information content (AvgIpc) is 3.24. The van der Waals surface area contributed by atoms with Gasteiger partial charge in [-0.15, -0.1) is 0 Å². The number of carbonyl (C=O) groups is 1. The SMILES string of the molecule is N#Cc1cnc(NC2CCNCC2)nc1-c1cnn(-c2ccc(C=O)cc2Cl)c1. The van der Waals surface area contributed by atoms with Crippen LogP contribution in [0, 0.1) is 11.3 Å². The van der Waals surface area contributed by atoms with Crippen molar-refractivity contribution >= 4 is 23.8 Å². The van der Waals surface area contributed by atoms with Gasteiger partial charge in [-0.1, -0.05) is 11.6 Å². The summed E-state index contributed by atoms with van der Waals surface area (Å²) in [6.07, 6.45) is 7.62. The van der Waals surface area contributed by atoms with Crippen LogP contribution in [0.25, 0.3) is 16.9 Å². The quantitative estimate of drug-likeness (QED) is 0.626. The van der Waals surface area contributed by atoms with Crippen molar-refractivity contribution in [3.05, 3.63) is 52.9 Å². The number of nitrogens with zero attached hydrogens (tertiary/aromatic N) is 5. The summed E-state index contributed by atoms with van der Waals surface area (Å²) in [5.41, 5.74) is 2.66. The van der Waals surface area contributed by atoms with Gasteiger partial charge in [-0.25, -0.2) is 14.6 Å². The zero-order valence-electron chi connectivity index (χ0n) is 15.5. The van der Waals surface area contributed by atoms with E-state index in [0.717, 1.165) is 32.2 Å². The predicted molar refractivity (Wildman–Crippen MR) is 109 cm³/mol. The van der Waals surface area contributed by atoms with Gasteiger partial charge in [-0.05, 0) is 44.1 Å². The van der Waals surface area contributed by atoms with Crippen LogP contribution in [0.15, 0.2) is 36.8 Å². The highest BCUT2D eigenvalue weighted by atomic mass is 35.5. The summed E-state index contributed by atoms with van der Waals surface area (Å²) in [7, 11) is 0. The molecule has 29 heavy (non-hydrogen) atoms. The topological polar surface area (TPSA) is 109 Å². The second-order valence-electron chi connectivity index (χ2n) is 6.74. The minimum absolute atomic E-state index is 0.301. The van der Waals surface area contributed by atoms with Crippen LogP contribution in [0.4, 0.5) is 5.95 Å². The average molecular weight is 408 g/mol. The Balaban J connectivity index is 1.65. The van der Waals surface area contributed by atoms with Gasteiger partial charge in [0.15, 0.2) is 0 Å². The number of hydrogen-bond acceptors (Lipinski definition) is 7. The van der Waals surface area contributed by atoms with Crippen molar-refractivity contribution in [3.8, 4) is 23.0 Å². The molecule has 0 saturated carbocycles. The van der Waals surface area contributed by atoms with E-state index in [1.807, 2.05) is 0 Å². The largest absolute Gasteiger partial charge is 0.351 e. The Labute approximate surface area is 172 Å². The zero-order valence-corrected chi connectivity index (χ0v) is 16.2. The van der Waals surface area contributed by atoms with Gasteiger partial charge in [0, 0.05) is 23.4 Å². The lowest BCUT2D eigenvalue weighted by molar-refractivity contribution is 0.112. The Kier molecular flexibility index (Phi) is 5.51. The van der Waals surface area contributed by atoms with E-state index in [1.54, 1.807) is 35.3 Å². The molecular formula is C20H18ClN7O. The maximum absolute atomic E-state index is 10.9. The van der Waals surface area contributed by atoms with E-state index in [0.29, 0.717) is 45.1 Å². The van der Waals surface area contributed by atoms with Crippen LogP contribution in [-0.4, -0.2) is 45.2 Å². The molecule has 3 heterocycles. The maximum Gasteiger partial charge on any atom is 0.223 e. The van der Waals surface area contributed by atoms with Crippen molar-refractivity contribution in [2.24, 2.45) is 0 Å². The Morgan fingerprint density at radius 2 is 2.14 bits per heavy atom. The number of aldehydes is 1. The third-order valence-electron chi connectivity index (χ3n) is 4.79. The number of rotatable bonds is 5. The van der Waals surface area contributed by atoms with E-state index < -0.39 is 0 Å².